The van der Waals surface area contributed by atoms with Crippen molar-refractivity contribution in [1.82, 2.24) is 4.90 Å². The smallest absolute Gasteiger partial charge is 0.331 e. The summed E-state index contributed by atoms with van der Waals surface area (Å²) >= 11 is 0. The Morgan fingerprint density at radius 1 is 1.44 bits per heavy atom. The number of ether oxygens (including phenoxy) is 1. The molecule has 3 heteroatoms. The first-order valence-corrected chi connectivity index (χ1v) is 5.60. The van der Waals surface area contributed by atoms with Gasteiger partial charge in [0.15, 0.2) is 0 Å². The van der Waals surface area contributed by atoms with E-state index in [-0.39, 0.29) is 18.0 Å². The predicted octanol–water partition coefficient (Wildman–Crippen LogP) is 1.88. The summed E-state index contributed by atoms with van der Waals surface area (Å²) in [5, 5.41) is 0. The van der Waals surface area contributed by atoms with Crippen LogP contribution in [0.4, 0.5) is 0 Å². The van der Waals surface area contributed by atoms with E-state index in [2.05, 4.69) is 19.1 Å². The van der Waals surface area contributed by atoms with Crippen molar-refractivity contribution in [3.63, 3.8) is 0 Å². The van der Waals surface area contributed by atoms with Crippen LogP contribution in [0.1, 0.15) is 13.3 Å². The maximum Gasteiger partial charge on any atom is 0.331 e. The predicted molar refractivity (Wildman–Crippen MR) is 62.7 cm³/mol. The molecule has 2 unspecified atom stereocenters. The molecule has 0 spiro atoms. The highest BCUT2D eigenvalue weighted by Gasteiger charge is 2.31. The average Bonchev–Trinajstić information content (AvgIpc) is 2.26. The molecular formula is C13H17NO2. The molecule has 2 rings (SSSR count). The maximum absolute atomic E-state index is 11.4. The molecular weight excluding hydrogens is 202 g/mol. The van der Waals surface area contributed by atoms with Crippen LogP contribution in [0.25, 0.3) is 0 Å². The van der Waals surface area contributed by atoms with Gasteiger partial charge in [0.2, 0.25) is 0 Å². The topological polar surface area (TPSA) is 29.5 Å². The van der Waals surface area contributed by atoms with Crippen LogP contribution in [0.3, 0.4) is 0 Å². The molecule has 0 aromatic carbocycles. The SMILES string of the molecule is CCC1=CC(=O)OC2C=C(N(C)C)C=CC12. The Bertz CT molecular complexity index is 391. The summed E-state index contributed by atoms with van der Waals surface area (Å²) in [6.45, 7) is 2.07. The van der Waals surface area contributed by atoms with Crippen molar-refractivity contribution in [3.8, 4) is 0 Å². The molecule has 3 nitrogen and oxygen atoms in total. The van der Waals surface area contributed by atoms with Gasteiger partial charge in [-0.05, 0) is 18.6 Å². The van der Waals surface area contributed by atoms with Crippen LogP contribution < -0.4 is 0 Å². The summed E-state index contributed by atoms with van der Waals surface area (Å²) in [7, 11) is 3.97. The van der Waals surface area contributed by atoms with Crippen molar-refractivity contribution >= 4 is 5.97 Å². The molecule has 0 saturated heterocycles. The fourth-order valence-electron chi connectivity index (χ4n) is 2.13. The first-order chi connectivity index (χ1) is 7.61. The molecule has 0 saturated carbocycles. The quantitative estimate of drug-likeness (QED) is 0.664. The van der Waals surface area contributed by atoms with Crippen molar-refractivity contribution in [1.29, 1.82) is 0 Å². The number of hydrogen-bond acceptors (Lipinski definition) is 3. The molecule has 0 amide bonds. The van der Waals surface area contributed by atoms with E-state index in [4.69, 9.17) is 4.74 Å². The number of rotatable bonds is 2. The minimum absolute atomic E-state index is 0.130. The van der Waals surface area contributed by atoms with Crippen molar-refractivity contribution in [2.45, 2.75) is 19.4 Å². The first kappa shape index (κ1) is 11.0. The molecule has 1 heterocycles. The molecule has 86 valence electrons. The van der Waals surface area contributed by atoms with Gasteiger partial charge in [-0.25, -0.2) is 4.79 Å². The molecule has 1 aliphatic heterocycles. The largest absolute Gasteiger partial charge is 0.454 e. The Balaban J connectivity index is 2.28. The second kappa shape index (κ2) is 4.16. The van der Waals surface area contributed by atoms with E-state index in [9.17, 15) is 4.79 Å². The van der Waals surface area contributed by atoms with Crippen LogP contribution in [0.5, 0.6) is 0 Å². The monoisotopic (exact) mass is 219 g/mol. The van der Waals surface area contributed by atoms with E-state index < -0.39 is 0 Å². The Morgan fingerprint density at radius 2 is 2.19 bits per heavy atom. The fraction of sp³-hybridized carbons (Fsp3) is 0.462. The van der Waals surface area contributed by atoms with Gasteiger partial charge in [-0.2, -0.15) is 0 Å². The second-order valence-electron chi connectivity index (χ2n) is 4.35. The van der Waals surface area contributed by atoms with Gasteiger partial charge in [0.25, 0.3) is 0 Å². The minimum atomic E-state index is -0.220. The Hall–Kier alpha value is -1.51. The number of likely N-dealkylation sites (N-methyl/N-ethyl adjacent to an activating group) is 1. The zero-order chi connectivity index (χ0) is 11.7. The lowest BCUT2D eigenvalue weighted by atomic mass is 9.85. The van der Waals surface area contributed by atoms with Crippen LogP contribution in [-0.2, 0) is 9.53 Å². The van der Waals surface area contributed by atoms with Gasteiger partial charge in [-0.15, -0.1) is 0 Å². The van der Waals surface area contributed by atoms with Crippen LogP contribution in [-0.4, -0.2) is 31.1 Å². The molecule has 0 radical (unpaired) electrons. The highest BCUT2D eigenvalue weighted by molar-refractivity contribution is 5.84. The van der Waals surface area contributed by atoms with Gasteiger partial charge in [-0.3, -0.25) is 0 Å². The fourth-order valence-corrected chi connectivity index (χ4v) is 2.13. The summed E-state index contributed by atoms with van der Waals surface area (Å²) in [5.41, 5.74) is 2.25. The molecule has 0 fully saturated rings. The Morgan fingerprint density at radius 3 is 2.81 bits per heavy atom. The number of hydrogen-bond donors (Lipinski definition) is 0. The lowest BCUT2D eigenvalue weighted by Gasteiger charge is -2.32. The lowest BCUT2D eigenvalue weighted by molar-refractivity contribution is -0.143. The van der Waals surface area contributed by atoms with Crippen LogP contribution in [0, 0.1) is 5.92 Å². The van der Waals surface area contributed by atoms with E-state index in [1.807, 2.05) is 25.1 Å². The van der Waals surface area contributed by atoms with Gasteiger partial charge in [-0.1, -0.05) is 18.6 Å². The first-order valence-electron chi connectivity index (χ1n) is 5.60. The Labute approximate surface area is 96.1 Å². The van der Waals surface area contributed by atoms with Crippen molar-refractivity contribution in [2.75, 3.05) is 14.1 Å². The molecule has 16 heavy (non-hydrogen) atoms. The van der Waals surface area contributed by atoms with Crippen molar-refractivity contribution in [3.05, 3.63) is 35.6 Å². The number of fused-ring (bicyclic) bond motifs is 1. The second-order valence-corrected chi connectivity index (χ2v) is 4.35. The van der Waals surface area contributed by atoms with Gasteiger partial charge < -0.3 is 9.64 Å². The highest BCUT2D eigenvalue weighted by atomic mass is 16.5. The standard InChI is InChI=1S/C13H17NO2/c1-4-9-7-13(15)16-12-8-10(14(2)3)5-6-11(9)12/h5-8,11-12H,4H2,1-3H3. The number of allylic oxidation sites excluding steroid dienone is 1. The third-order valence-electron chi connectivity index (χ3n) is 3.07. The number of esters is 1. The van der Waals surface area contributed by atoms with Gasteiger partial charge >= 0.3 is 5.97 Å². The van der Waals surface area contributed by atoms with Gasteiger partial charge in [0, 0.05) is 31.8 Å². The summed E-state index contributed by atoms with van der Waals surface area (Å²) in [6, 6.07) is 0. The zero-order valence-electron chi connectivity index (χ0n) is 9.93. The summed E-state index contributed by atoms with van der Waals surface area (Å²) in [5.74, 6) is 0.00848. The van der Waals surface area contributed by atoms with E-state index in [1.54, 1.807) is 6.08 Å². The number of carbonyl (C=O) groups is 1. The minimum Gasteiger partial charge on any atom is -0.454 e. The van der Waals surface area contributed by atoms with Gasteiger partial charge in [0.1, 0.15) is 6.10 Å². The zero-order valence-corrected chi connectivity index (χ0v) is 9.93. The van der Waals surface area contributed by atoms with E-state index in [0.717, 1.165) is 17.7 Å². The van der Waals surface area contributed by atoms with Gasteiger partial charge in [0.05, 0.1) is 0 Å². The van der Waals surface area contributed by atoms with Crippen molar-refractivity contribution in [2.24, 2.45) is 5.92 Å². The molecule has 2 atom stereocenters. The van der Waals surface area contributed by atoms with Crippen LogP contribution in [0.15, 0.2) is 35.6 Å². The van der Waals surface area contributed by atoms with Crippen LogP contribution >= 0.6 is 0 Å². The molecule has 0 aromatic heterocycles. The normalized spacial score (nSPS) is 27.8. The van der Waals surface area contributed by atoms with E-state index >= 15 is 0 Å². The lowest BCUT2D eigenvalue weighted by Crippen LogP contribution is -2.32. The maximum atomic E-state index is 11.4. The highest BCUT2D eigenvalue weighted by Crippen LogP contribution is 2.31. The molecule has 2 aliphatic rings. The molecule has 1 aliphatic carbocycles. The van der Waals surface area contributed by atoms with Crippen LogP contribution in [0.2, 0.25) is 0 Å². The number of carbonyl (C=O) groups excluding carboxylic acids is 1. The van der Waals surface area contributed by atoms with E-state index in [0.29, 0.717) is 0 Å². The van der Waals surface area contributed by atoms with Crippen molar-refractivity contribution < 1.29 is 9.53 Å². The Kier molecular flexibility index (Phi) is 2.86. The molecule has 0 bridgehead atoms. The summed E-state index contributed by atoms with van der Waals surface area (Å²) < 4.78 is 5.33. The average molecular weight is 219 g/mol. The summed E-state index contributed by atoms with van der Waals surface area (Å²) in [4.78, 5) is 13.4. The van der Waals surface area contributed by atoms with E-state index in [1.165, 1.54) is 0 Å². The molecule has 0 aromatic rings. The molecule has 0 N–H and O–H groups in total. The third-order valence-corrected chi connectivity index (χ3v) is 3.07. The number of nitrogens with zero attached hydrogens (tertiary/aromatic N) is 1. The third kappa shape index (κ3) is 1.90. The summed E-state index contributed by atoms with van der Waals surface area (Å²) in [6.07, 6.45) is 8.62.